The molecule has 2 aliphatic heterocycles. The van der Waals surface area contributed by atoms with E-state index in [0.29, 0.717) is 0 Å². The Labute approximate surface area is 315 Å². The van der Waals surface area contributed by atoms with Crippen LogP contribution in [0.4, 0.5) is 28.4 Å². The Morgan fingerprint density at radius 2 is 1.11 bits per heavy atom. The second-order valence-corrected chi connectivity index (χ2v) is 18.4. The third-order valence-corrected chi connectivity index (χ3v) is 11.6. The molecular formula is C49H49BN2O. The number of anilines is 5. The fraction of sp³-hybridized carbons (Fsp3) is 0.265. The van der Waals surface area contributed by atoms with Crippen LogP contribution in [0.2, 0.25) is 0 Å². The molecule has 0 fully saturated rings. The monoisotopic (exact) mass is 692 g/mol. The van der Waals surface area contributed by atoms with Crippen molar-refractivity contribution in [2.45, 2.75) is 85.5 Å². The minimum Gasteiger partial charge on any atom is -0.456 e. The van der Waals surface area contributed by atoms with Gasteiger partial charge in [-0.15, -0.1) is 0 Å². The molecule has 0 atom stereocenters. The summed E-state index contributed by atoms with van der Waals surface area (Å²) < 4.78 is 6.56. The lowest BCUT2D eigenvalue weighted by Gasteiger charge is -2.46. The van der Waals surface area contributed by atoms with Crippen molar-refractivity contribution in [1.82, 2.24) is 0 Å². The van der Waals surface area contributed by atoms with Gasteiger partial charge in [0.2, 0.25) is 0 Å². The van der Waals surface area contributed by atoms with Gasteiger partial charge in [0.15, 0.2) is 0 Å². The topological polar surface area (TPSA) is 19.6 Å². The molecule has 2 aliphatic rings. The second kappa shape index (κ2) is 11.4. The number of aryl methyl sites for hydroxylation is 1. The maximum atomic E-state index is 6.56. The van der Waals surface area contributed by atoms with Gasteiger partial charge in [0.25, 0.3) is 0 Å². The quantitative estimate of drug-likeness (QED) is 0.168. The molecule has 0 N–H and O–H groups in total. The van der Waals surface area contributed by atoms with Crippen molar-refractivity contribution < 1.29 is 4.42 Å². The molecule has 9 rings (SSSR count). The Morgan fingerprint density at radius 3 is 1.75 bits per heavy atom. The molecule has 0 amide bonds. The van der Waals surface area contributed by atoms with Gasteiger partial charge in [-0.3, -0.25) is 0 Å². The highest BCUT2D eigenvalue weighted by Gasteiger charge is 2.46. The number of hydrogen-bond acceptors (Lipinski definition) is 3. The molecule has 0 radical (unpaired) electrons. The van der Waals surface area contributed by atoms with Crippen LogP contribution >= 0.6 is 0 Å². The summed E-state index contributed by atoms with van der Waals surface area (Å²) >= 11 is 0. The van der Waals surface area contributed by atoms with Gasteiger partial charge in [-0.25, -0.2) is 0 Å². The first-order valence-electron chi connectivity index (χ1n) is 19.1. The fourth-order valence-corrected chi connectivity index (χ4v) is 8.67. The SMILES string of the molecule is Cc1cc2c3c(c1)N(c1ccc(C(C)(C)C)cc1)c1ccc(C(C)(C)C)cc1B3N(c1ccc(C(C)(C)C)cc1)c1ccc3oc4ccccc4c3c1-2. The van der Waals surface area contributed by atoms with E-state index in [2.05, 4.69) is 194 Å². The Kier molecular flexibility index (Phi) is 7.22. The van der Waals surface area contributed by atoms with E-state index in [0.717, 1.165) is 16.6 Å². The number of hydrogen-bond donors (Lipinski definition) is 0. The summed E-state index contributed by atoms with van der Waals surface area (Å²) in [6, 6.07) is 43.6. The number of rotatable bonds is 2. The largest absolute Gasteiger partial charge is 0.456 e. The van der Waals surface area contributed by atoms with E-state index in [-0.39, 0.29) is 23.1 Å². The summed E-state index contributed by atoms with van der Waals surface area (Å²) in [4.78, 5) is 5.14. The normalized spacial score (nSPS) is 14.1. The molecule has 0 saturated heterocycles. The minimum absolute atomic E-state index is 0.0156. The van der Waals surface area contributed by atoms with E-state index in [1.54, 1.807) is 0 Å². The maximum Gasteiger partial charge on any atom is 0.333 e. The van der Waals surface area contributed by atoms with Gasteiger partial charge in [-0.2, -0.15) is 0 Å². The summed E-state index contributed by atoms with van der Waals surface area (Å²) in [6.07, 6.45) is 0. The van der Waals surface area contributed by atoms with E-state index in [4.69, 9.17) is 4.42 Å². The van der Waals surface area contributed by atoms with Gasteiger partial charge in [0.05, 0.1) is 0 Å². The Hall–Kier alpha value is -5.22. The van der Waals surface area contributed by atoms with Crippen molar-refractivity contribution in [3.63, 3.8) is 0 Å². The van der Waals surface area contributed by atoms with Crippen LogP contribution in [-0.4, -0.2) is 6.85 Å². The molecule has 7 aromatic rings. The van der Waals surface area contributed by atoms with Crippen LogP contribution < -0.4 is 20.6 Å². The summed E-state index contributed by atoms with van der Waals surface area (Å²) in [6.45, 7) is 22.9. The van der Waals surface area contributed by atoms with Crippen LogP contribution in [0, 0.1) is 6.92 Å². The zero-order valence-electron chi connectivity index (χ0n) is 32.8. The van der Waals surface area contributed by atoms with Crippen molar-refractivity contribution in [1.29, 1.82) is 0 Å². The molecule has 0 saturated carbocycles. The second-order valence-electron chi connectivity index (χ2n) is 18.4. The lowest BCUT2D eigenvalue weighted by Crippen LogP contribution is -2.61. The van der Waals surface area contributed by atoms with Crippen molar-refractivity contribution in [2.75, 3.05) is 9.71 Å². The van der Waals surface area contributed by atoms with Gasteiger partial charge in [-0.05, 0) is 117 Å². The number of benzene rings is 6. The predicted octanol–water partition coefficient (Wildman–Crippen LogP) is 12.5. The predicted molar refractivity (Wildman–Crippen MR) is 228 cm³/mol. The van der Waals surface area contributed by atoms with Crippen molar-refractivity contribution in [3.05, 3.63) is 138 Å². The van der Waals surface area contributed by atoms with Gasteiger partial charge in [0, 0.05) is 44.8 Å². The highest BCUT2D eigenvalue weighted by Crippen LogP contribution is 2.51. The molecule has 264 valence electrons. The molecule has 1 aromatic heterocycles. The minimum atomic E-state index is -0.0494. The van der Waals surface area contributed by atoms with E-state index in [1.807, 2.05) is 0 Å². The lowest BCUT2D eigenvalue weighted by atomic mass is 9.43. The maximum absolute atomic E-state index is 6.56. The zero-order valence-corrected chi connectivity index (χ0v) is 32.8. The van der Waals surface area contributed by atoms with Crippen molar-refractivity contribution in [3.8, 4) is 11.1 Å². The summed E-state index contributed by atoms with van der Waals surface area (Å²) in [5.74, 6) is 0. The first-order chi connectivity index (χ1) is 25.1. The molecule has 4 heteroatoms. The molecule has 0 aliphatic carbocycles. The third kappa shape index (κ3) is 5.24. The zero-order chi connectivity index (χ0) is 37.2. The van der Waals surface area contributed by atoms with E-state index in [9.17, 15) is 0 Å². The summed E-state index contributed by atoms with van der Waals surface area (Å²) in [5.41, 5.74) is 18.4. The van der Waals surface area contributed by atoms with Crippen LogP contribution in [0.1, 0.15) is 84.6 Å². The smallest absolute Gasteiger partial charge is 0.333 e. The summed E-state index contributed by atoms with van der Waals surface area (Å²) in [7, 11) is 0. The molecule has 0 unspecified atom stereocenters. The highest BCUT2D eigenvalue weighted by molar-refractivity contribution is 6.93. The molecule has 6 aromatic carbocycles. The van der Waals surface area contributed by atoms with Crippen LogP contribution in [0.25, 0.3) is 33.1 Å². The van der Waals surface area contributed by atoms with Crippen molar-refractivity contribution >= 4 is 68.1 Å². The van der Waals surface area contributed by atoms with Gasteiger partial charge in [0.1, 0.15) is 11.2 Å². The van der Waals surface area contributed by atoms with E-state index < -0.39 is 0 Å². The van der Waals surface area contributed by atoms with Crippen LogP contribution in [-0.2, 0) is 16.2 Å². The number of nitrogens with zero attached hydrogens (tertiary/aromatic N) is 2. The number of para-hydroxylation sites is 1. The molecule has 53 heavy (non-hydrogen) atoms. The number of furan rings is 1. The van der Waals surface area contributed by atoms with Crippen LogP contribution in [0.15, 0.2) is 120 Å². The lowest BCUT2D eigenvalue weighted by molar-refractivity contribution is 0.590. The van der Waals surface area contributed by atoms with E-state index in [1.165, 1.54) is 78.1 Å². The fourth-order valence-electron chi connectivity index (χ4n) is 8.67. The Morgan fingerprint density at radius 1 is 0.528 bits per heavy atom. The Balaban J connectivity index is 1.41. The molecule has 3 heterocycles. The first-order valence-corrected chi connectivity index (χ1v) is 19.1. The average Bonchev–Trinajstić information content (AvgIpc) is 3.49. The van der Waals surface area contributed by atoms with Crippen LogP contribution in [0.3, 0.4) is 0 Å². The van der Waals surface area contributed by atoms with Gasteiger partial charge >= 0.3 is 6.85 Å². The molecular weight excluding hydrogens is 643 g/mol. The van der Waals surface area contributed by atoms with Gasteiger partial charge < -0.3 is 14.1 Å². The first kappa shape index (κ1) is 33.6. The number of fused-ring (bicyclic) bond motifs is 8. The highest BCUT2D eigenvalue weighted by atomic mass is 16.3. The standard InChI is InChI=1S/C49H49BN2O/c1-30-27-37-44-40(25-26-43-45(44)36-13-11-12-14-42(36)53-43)52(35-22-17-32(18-23-35)48(5,6)7)50-38-29-33(49(8,9)10)19-24-39(38)51(41(28-30)46(37)50)34-20-15-31(16-21-34)47(2,3)4/h11-29H,1-10H3. The molecule has 3 nitrogen and oxygen atoms in total. The van der Waals surface area contributed by atoms with E-state index >= 15 is 0 Å². The van der Waals surface area contributed by atoms with Gasteiger partial charge in [-0.1, -0.05) is 123 Å². The van der Waals surface area contributed by atoms with Crippen LogP contribution in [0.5, 0.6) is 0 Å². The average molecular weight is 693 g/mol. The van der Waals surface area contributed by atoms with Crippen molar-refractivity contribution in [2.24, 2.45) is 0 Å². The Bertz CT molecular complexity index is 2570. The molecule has 0 bridgehead atoms. The third-order valence-electron chi connectivity index (χ3n) is 11.6. The summed E-state index contributed by atoms with van der Waals surface area (Å²) in [5, 5.41) is 2.33. The molecule has 0 spiro atoms.